The molecular formula is C45H30N2O2. The number of para-hydroxylation sites is 4. The van der Waals surface area contributed by atoms with Gasteiger partial charge >= 0.3 is 0 Å². The van der Waals surface area contributed by atoms with Crippen molar-refractivity contribution in [3.63, 3.8) is 0 Å². The van der Waals surface area contributed by atoms with E-state index in [0.717, 1.165) is 22.5 Å². The van der Waals surface area contributed by atoms with Gasteiger partial charge in [-0.25, -0.2) is 0 Å². The van der Waals surface area contributed by atoms with Crippen LogP contribution < -0.4 is 5.43 Å². The monoisotopic (exact) mass is 630 g/mol. The highest BCUT2D eigenvalue weighted by atomic mass is 16.3. The average Bonchev–Trinajstić information content (AvgIpc) is 3.67. The maximum atomic E-state index is 12.6. The zero-order valence-electron chi connectivity index (χ0n) is 26.5. The summed E-state index contributed by atoms with van der Waals surface area (Å²) >= 11 is 0. The standard InChI is InChI=1S/C45H30N2O2/c48-35-29-36(27-21-31-17-23-33(24-18-31)46-42-13-5-1-9-38(42)39-10-2-6-14-43(39)46)49-37(30-35)28-22-32-19-25-34(26-20-32)47-44-15-7-3-11-40(44)41-12-4-8-16-45(41)47/h1-30H/b27-21+,28-22+. The van der Waals surface area contributed by atoms with Crippen LogP contribution in [-0.4, -0.2) is 9.13 Å². The molecule has 0 bridgehead atoms. The van der Waals surface area contributed by atoms with E-state index < -0.39 is 0 Å². The lowest BCUT2D eigenvalue weighted by Crippen LogP contribution is -1.98. The fourth-order valence-electron chi connectivity index (χ4n) is 6.91. The summed E-state index contributed by atoms with van der Waals surface area (Å²) in [5.74, 6) is 1.00. The summed E-state index contributed by atoms with van der Waals surface area (Å²) in [4.78, 5) is 12.6. The SMILES string of the molecule is O=c1cc(/C=C/c2ccc(-n3c4ccccc4c4ccccc43)cc2)oc(/C=C/c2ccc(-n3c4ccccc4c4ccccc43)cc2)c1. The summed E-state index contributed by atoms with van der Waals surface area (Å²) in [6, 6.07) is 53.9. The minimum absolute atomic E-state index is 0.103. The number of fused-ring (bicyclic) bond motifs is 6. The van der Waals surface area contributed by atoms with Gasteiger partial charge in [0.2, 0.25) is 0 Å². The van der Waals surface area contributed by atoms with Crippen LogP contribution in [0.5, 0.6) is 0 Å². The molecule has 0 aliphatic heterocycles. The van der Waals surface area contributed by atoms with Gasteiger partial charge in [0.05, 0.1) is 22.1 Å². The van der Waals surface area contributed by atoms with Crippen molar-refractivity contribution in [2.75, 3.05) is 0 Å². The summed E-state index contributed by atoms with van der Waals surface area (Å²) in [5.41, 5.74) is 8.82. The smallest absolute Gasteiger partial charge is 0.186 e. The second kappa shape index (κ2) is 11.9. The molecule has 0 unspecified atom stereocenters. The molecule has 0 fully saturated rings. The Labute approximate surface area is 282 Å². The van der Waals surface area contributed by atoms with Crippen molar-refractivity contribution in [1.82, 2.24) is 9.13 Å². The maximum Gasteiger partial charge on any atom is 0.186 e. The lowest BCUT2D eigenvalue weighted by atomic mass is 10.1. The van der Waals surface area contributed by atoms with Crippen molar-refractivity contribution in [1.29, 1.82) is 0 Å². The van der Waals surface area contributed by atoms with Gasteiger partial charge < -0.3 is 13.6 Å². The third-order valence-corrected chi connectivity index (χ3v) is 9.15. The highest BCUT2D eigenvalue weighted by Crippen LogP contribution is 2.33. The van der Waals surface area contributed by atoms with Crippen LogP contribution in [0.4, 0.5) is 0 Å². The zero-order chi connectivity index (χ0) is 32.7. The van der Waals surface area contributed by atoms with Gasteiger partial charge in [-0.15, -0.1) is 0 Å². The molecule has 6 aromatic carbocycles. The summed E-state index contributed by atoms with van der Waals surface area (Å²) in [6.07, 6.45) is 7.62. The van der Waals surface area contributed by atoms with Crippen molar-refractivity contribution in [2.45, 2.75) is 0 Å². The van der Waals surface area contributed by atoms with Crippen LogP contribution in [-0.2, 0) is 0 Å². The third-order valence-electron chi connectivity index (χ3n) is 9.15. The van der Waals surface area contributed by atoms with Crippen LogP contribution in [0.15, 0.2) is 167 Å². The van der Waals surface area contributed by atoms with E-state index in [1.807, 2.05) is 24.3 Å². The third kappa shape index (κ3) is 5.16. The first kappa shape index (κ1) is 28.6. The molecule has 3 aromatic heterocycles. The molecule has 0 atom stereocenters. The number of aromatic nitrogens is 2. The molecule has 4 nitrogen and oxygen atoms in total. The molecule has 0 saturated heterocycles. The molecule has 0 spiro atoms. The fraction of sp³-hybridized carbons (Fsp3) is 0. The Kier molecular flexibility index (Phi) is 6.91. The molecule has 0 N–H and O–H groups in total. The van der Waals surface area contributed by atoms with E-state index in [9.17, 15) is 4.79 Å². The molecule has 49 heavy (non-hydrogen) atoms. The molecular weight excluding hydrogens is 601 g/mol. The number of hydrogen-bond acceptors (Lipinski definition) is 2. The van der Waals surface area contributed by atoms with Gasteiger partial charge in [0.25, 0.3) is 0 Å². The van der Waals surface area contributed by atoms with Gasteiger partial charge in [0, 0.05) is 45.1 Å². The van der Waals surface area contributed by atoms with Crippen LogP contribution in [0, 0.1) is 0 Å². The second-order valence-electron chi connectivity index (χ2n) is 12.2. The minimum Gasteiger partial charge on any atom is -0.457 e. The Morgan fingerprint density at radius 3 is 1.06 bits per heavy atom. The van der Waals surface area contributed by atoms with Crippen molar-refractivity contribution in [2.24, 2.45) is 0 Å². The van der Waals surface area contributed by atoms with E-state index in [4.69, 9.17) is 4.42 Å². The summed E-state index contributed by atoms with van der Waals surface area (Å²) < 4.78 is 10.7. The number of nitrogens with zero attached hydrogens (tertiary/aromatic N) is 2. The molecule has 0 aliphatic rings. The lowest BCUT2D eigenvalue weighted by Gasteiger charge is -2.08. The Balaban J connectivity index is 0.953. The molecule has 0 aliphatic carbocycles. The van der Waals surface area contributed by atoms with E-state index >= 15 is 0 Å². The van der Waals surface area contributed by atoms with E-state index in [1.165, 1.54) is 55.7 Å². The van der Waals surface area contributed by atoms with E-state index in [1.54, 1.807) is 0 Å². The van der Waals surface area contributed by atoms with Gasteiger partial charge in [-0.05, 0) is 71.8 Å². The summed E-state index contributed by atoms with van der Waals surface area (Å²) in [7, 11) is 0. The normalized spacial score (nSPS) is 12.0. The van der Waals surface area contributed by atoms with Gasteiger partial charge in [0.1, 0.15) is 11.5 Å². The predicted molar refractivity (Wildman–Crippen MR) is 204 cm³/mol. The number of rotatable bonds is 6. The largest absolute Gasteiger partial charge is 0.457 e. The molecule has 9 rings (SSSR count). The molecule has 3 heterocycles. The Bertz CT molecular complexity index is 2480. The first-order valence-electron chi connectivity index (χ1n) is 16.4. The molecule has 232 valence electrons. The van der Waals surface area contributed by atoms with Crippen LogP contribution in [0.2, 0.25) is 0 Å². The quantitative estimate of drug-likeness (QED) is 0.183. The van der Waals surface area contributed by atoms with Crippen LogP contribution in [0.3, 0.4) is 0 Å². The summed E-state index contributed by atoms with van der Waals surface area (Å²) in [6.45, 7) is 0. The maximum absolute atomic E-state index is 12.6. The summed E-state index contributed by atoms with van der Waals surface area (Å²) in [5, 5.41) is 4.95. The predicted octanol–water partition coefficient (Wildman–Crippen LogP) is 11.2. The molecule has 4 heteroatoms. The van der Waals surface area contributed by atoms with Gasteiger partial charge in [-0.1, -0.05) is 109 Å². The van der Waals surface area contributed by atoms with Gasteiger partial charge in [-0.2, -0.15) is 0 Å². The van der Waals surface area contributed by atoms with Gasteiger partial charge in [0.15, 0.2) is 5.43 Å². The van der Waals surface area contributed by atoms with E-state index in [2.05, 4.69) is 155 Å². The Morgan fingerprint density at radius 2 is 0.714 bits per heavy atom. The molecule has 0 radical (unpaired) electrons. The lowest BCUT2D eigenvalue weighted by molar-refractivity contribution is 0.528. The van der Waals surface area contributed by atoms with Crippen LogP contribution >= 0.6 is 0 Å². The van der Waals surface area contributed by atoms with Crippen molar-refractivity contribution in [3.8, 4) is 11.4 Å². The van der Waals surface area contributed by atoms with Crippen molar-refractivity contribution >= 4 is 67.9 Å². The Morgan fingerprint density at radius 1 is 0.388 bits per heavy atom. The number of hydrogen-bond donors (Lipinski definition) is 0. The van der Waals surface area contributed by atoms with E-state index in [-0.39, 0.29) is 5.43 Å². The second-order valence-corrected chi connectivity index (χ2v) is 12.2. The minimum atomic E-state index is -0.103. The van der Waals surface area contributed by atoms with Crippen molar-refractivity contribution in [3.05, 3.63) is 191 Å². The first-order valence-corrected chi connectivity index (χ1v) is 16.4. The van der Waals surface area contributed by atoms with Crippen molar-refractivity contribution < 1.29 is 4.42 Å². The molecule has 9 aromatic rings. The van der Waals surface area contributed by atoms with E-state index in [0.29, 0.717) is 11.5 Å². The topological polar surface area (TPSA) is 40.1 Å². The zero-order valence-corrected chi connectivity index (χ0v) is 26.5. The number of benzene rings is 6. The first-order chi connectivity index (χ1) is 24.2. The highest BCUT2D eigenvalue weighted by molar-refractivity contribution is 6.10. The van der Waals surface area contributed by atoms with Crippen LogP contribution in [0.1, 0.15) is 22.6 Å². The van der Waals surface area contributed by atoms with Crippen LogP contribution in [0.25, 0.3) is 79.3 Å². The average molecular weight is 631 g/mol. The Hall–Kier alpha value is -6.65. The highest BCUT2D eigenvalue weighted by Gasteiger charge is 2.12. The van der Waals surface area contributed by atoms with Gasteiger partial charge in [-0.3, -0.25) is 4.79 Å². The molecule has 0 saturated carbocycles. The molecule has 0 amide bonds. The fourth-order valence-corrected chi connectivity index (χ4v) is 6.91.